The second-order valence-electron chi connectivity index (χ2n) is 3.66. The minimum Gasteiger partial charge on any atom is -0.399 e. The molecule has 0 aliphatic rings. The van der Waals surface area contributed by atoms with Crippen LogP contribution >= 0.6 is 0 Å². The first-order valence-electron chi connectivity index (χ1n) is 5.06. The lowest BCUT2D eigenvalue weighted by atomic mass is 10.2. The Kier molecular flexibility index (Phi) is 2.60. The second-order valence-corrected chi connectivity index (χ2v) is 3.66. The van der Waals surface area contributed by atoms with E-state index in [-0.39, 0.29) is 6.61 Å². The van der Waals surface area contributed by atoms with Crippen LogP contribution < -0.4 is 5.73 Å². The van der Waals surface area contributed by atoms with E-state index in [1.54, 1.807) is 0 Å². The molecule has 0 bridgehead atoms. The molecule has 0 amide bonds. The number of hydrogen-bond donors (Lipinski definition) is 2. The summed E-state index contributed by atoms with van der Waals surface area (Å²) in [6.07, 6.45) is 0.713. The summed E-state index contributed by atoms with van der Waals surface area (Å²) < 4.78 is 1.90. The van der Waals surface area contributed by atoms with Crippen molar-refractivity contribution in [3.05, 3.63) is 23.9 Å². The third-order valence-electron chi connectivity index (χ3n) is 2.49. The zero-order valence-electron chi connectivity index (χ0n) is 8.77. The Bertz CT molecular complexity index is 476. The van der Waals surface area contributed by atoms with Gasteiger partial charge < -0.3 is 10.8 Å². The van der Waals surface area contributed by atoms with Gasteiger partial charge in [-0.25, -0.2) is 0 Å². The van der Waals surface area contributed by atoms with E-state index in [0.29, 0.717) is 6.42 Å². The van der Waals surface area contributed by atoms with Crippen LogP contribution in [0.2, 0.25) is 0 Å². The number of nitrogens with two attached hydrogens (primary N) is 1. The van der Waals surface area contributed by atoms with Crippen molar-refractivity contribution in [3.63, 3.8) is 0 Å². The standard InChI is InChI=1S/C11H15N3O/c1-8-10-4-3-9(12)7-11(10)14(13-8)5-2-6-15/h3-4,7,15H,2,5-6,12H2,1H3. The summed E-state index contributed by atoms with van der Waals surface area (Å²) in [6.45, 7) is 2.89. The van der Waals surface area contributed by atoms with Gasteiger partial charge in [0.1, 0.15) is 0 Å². The molecule has 0 spiro atoms. The largest absolute Gasteiger partial charge is 0.399 e. The number of fused-ring (bicyclic) bond motifs is 1. The number of rotatable bonds is 3. The van der Waals surface area contributed by atoms with Gasteiger partial charge in [-0.3, -0.25) is 4.68 Å². The summed E-state index contributed by atoms with van der Waals surface area (Å²) in [7, 11) is 0. The van der Waals surface area contributed by atoms with Gasteiger partial charge in [0.15, 0.2) is 0 Å². The van der Waals surface area contributed by atoms with Crippen LogP contribution in [0.25, 0.3) is 10.9 Å². The summed E-state index contributed by atoms with van der Waals surface area (Å²) in [5.74, 6) is 0. The molecular formula is C11H15N3O. The van der Waals surface area contributed by atoms with Crippen LogP contribution in [0.3, 0.4) is 0 Å². The zero-order valence-corrected chi connectivity index (χ0v) is 8.77. The number of benzene rings is 1. The van der Waals surface area contributed by atoms with E-state index in [2.05, 4.69) is 5.10 Å². The van der Waals surface area contributed by atoms with Crippen LogP contribution in [-0.4, -0.2) is 21.5 Å². The molecule has 0 unspecified atom stereocenters. The molecule has 0 saturated carbocycles. The number of aliphatic hydroxyl groups excluding tert-OH is 1. The Labute approximate surface area is 88.3 Å². The quantitative estimate of drug-likeness (QED) is 0.742. The Balaban J connectivity index is 2.49. The number of aliphatic hydroxyl groups is 1. The number of aromatic nitrogens is 2. The molecule has 0 radical (unpaired) electrons. The maximum Gasteiger partial charge on any atom is 0.0705 e. The highest BCUT2D eigenvalue weighted by molar-refractivity contribution is 5.84. The van der Waals surface area contributed by atoms with Crippen LogP contribution in [0.1, 0.15) is 12.1 Å². The fraction of sp³-hybridized carbons (Fsp3) is 0.364. The highest BCUT2D eigenvalue weighted by atomic mass is 16.3. The number of hydrogen-bond acceptors (Lipinski definition) is 3. The van der Waals surface area contributed by atoms with Gasteiger partial charge in [0, 0.05) is 24.2 Å². The summed E-state index contributed by atoms with van der Waals surface area (Å²) in [6, 6.07) is 5.79. The van der Waals surface area contributed by atoms with Crippen LogP contribution in [0.15, 0.2) is 18.2 Å². The molecule has 4 heteroatoms. The molecule has 1 heterocycles. The normalized spacial score (nSPS) is 11.1. The Morgan fingerprint density at radius 3 is 3.00 bits per heavy atom. The van der Waals surface area contributed by atoms with Crippen molar-refractivity contribution in [3.8, 4) is 0 Å². The minimum atomic E-state index is 0.183. The second kappa shape index (κ2) is 3.90. The Hall–Kier alpha value is -1.55. The van der Waals surface area contributed by atoms with Crippen molar-refractivity contribution in [2.24, 2.45) is 0 Å². The summed E-state index contributed by atoms with van der Waals surface area (Å²) >= 11 is 0. The van der Waals surface area contributed by atoms with Gasteiger partial charge in [0.2, 0.25) is 0 Å². The lowest BCUT2D eigenvalue weighted by Crippen LogP contribution is -2.02. The molecule has 4 nitrogen and oxygen atoms in total. The highest BCUT2D eigenvalue weighted by Crippen LogP contribution is 2.20. The van der Waals surface area contributed by atoms with E-state index in [1.807, 2.05) is 29.8 Å². The highest BCUT2D eigenvalue weighted by Gasteiger charge is 2.06. The first-order chi connectivity index (χ1) is 7.22. The van der Waals surface area contributed by atoms with Crippen LogP contribution in [0, 0.1) is 6.92 Å². The third kappa shape index (κ3) is 1.80. The summed E-state index contributed by atoms with van der Waals surface area (Å²) in [4.78, 5) is 0. The topological polar surface area (TPSA) is 64.1 Å². The molecule has 15 heavy (non-hydrogen) atoms. The van der Waals surface area contributed by atoms with Crippen molar-refractivity contribution in [1.29, 1.82) is 0 Å². The Morgan fingerprint density at radius 2 is 2.27 bits per heavy atom. The lowest BCUT2D eigenvalue weighted by Gasteiger charge is -2.01. The smallest absolute Gasteiger partial charge is 0.0705 e. The monoisotopic (exact) mass is 205 g/mol. The van der Waals surface area contributed by atoms with Crippen LogP contribution in [-0.2, 0) is 6.54 Å². The van der Waals surface area contributed by atoms with E-state index in [4.69, 9.17) is 10.8 Å². The van der Waals surface area contributed by atoms with E-state index < -0.39 is 0 Å². The number of aryl methyl sites for hydroxylation is 2. The molecule has 3 N–H and O–H groups in total. The molecule has 0 aliphatic carbocycles. The van der Waals surface area contributed by atoms with Crippen molar-refractivity contribution in [1.82, 2.24) is 9.78 Å². The molecule has 0 fully saturated rings. The average molecular weight is 205 g/mol. The minimum absolute atomic E-state index is 0.183. The van der Waals surface area contributed by atoms with Crippen molar-refractivity contribution >= 4 is 16.6 Å². The number of anilines is 1. The third-order valence-corrected chi connectivity index (χ3v) is 2.49. The number of nitrogens with zero attached hydrogens (tertiary/aromatic N) is 2. The van der Waals surface area contributed by atoms with Crippen molar-refractivity contribution < 1.29 is 5.11 Å². The van der Waals surface area contributed by atoms with E-state index in [9.17, 15) is 0 Å². The van der Waals surface area contributed by atoms with E-state index >= 15 is 0 Å². The predicted molar refractivity (Wildman–Crippen MR) is 60.6 cm³/mol. The van der Waals surface area contributed by atoms with Gasteiger partial charge in [0.25, 0.3) is 0 Å². The van der Waals surface area contributed by atoms with Crippen LogP contribution in [0.5, 0.6) is 0 Å². The lowest BCUT2D eigenvalue weighted by molar-refractivity contribution is 0.278. The Morgan fingerprint density at radius 1 is 1.47 bits per heavy atom. The average Bonchev–Trinajstić information content (AvgIpc) is 2.52. The molecule has 2 aromatic rings. The molecule has 1 aromatic heterocycles. The molecule has 80 valence electrons. The summed E-state index contributed by atoms with van der Waals surface area (Å²) in [5, 5.41) is 14.3. The maximum absolute atomic E-state index is 8.80. The molecule has 0 aliphatic heterocycles. The molecule has 2 rings (SSSR count). The predicted octanol–water partition coefficient (Wildman–Crippen LogP) is 1.31. The molecular weight excluding hydrogens is 190 g/mol. The molecule has 0 saturated heterocycles. The molecule has 1 aromatic carbocycles. The SMILES string of the molecule is Cc1nn(CCCO)c2cc(N)ccc12. The van der Waals surface area contributed by atoms with Gasteiger partial charge in [0.05, 0.1) is 11.2 Å². The fourth-order valence-corrected chi connectivity index (χ4v) is 1.75. The van der Waals surface area contributed by atoms with E-state index in [1.165, 1.54) is 0 Å². The fourth-order valence-electron chi connectivity index (χ4n) is 1.75. The number of nitrogen functional groups attached to an aromatic ring is 1. The molecule has 0 atom stereocenters. The first-order valence-corrected chi connectivity index (χ1v) is 5.06. The van der Waals surface area contributed by atoms with Gasteiger partial charge in [-0.05, 0) is 31.5 Å². The van der Waals surface area contributed by atoms with Crippen LogP contribution in [0.4, 0.5) is 5.69 Å². The van der Waals surface area contributed by atoms with Crippen molar-refractivity contribution in [2.45, 2.75) is 19.9 Å². The van der Waals surface area contributed by atoms with Gasteiger partial charge in [-0.15, -0.1) is 0 Å². The zero-order chi connectivity index (χ0) is 10.8. The van der Waals surface area contributed by atoms with Crippen molar-refractivity contribution in [2.75, 3.05) is 12.3 Å². The maximum atomic E-state index is 8.80. The van der Waals surface area contributed by atoms with Gasteiger partial charge >= 0.3 is 0 Å². The van der Waals surface area contributed by atoms with Gasteiger partial charge in [-0.1, -0.05) is 0 Å². The first kappa shape index (κ1) is 9.98. The summed E-state index contributed by atoms with van der Waals surface area (Å²) in [5.41, 5.74) is 8.53. The van der Waals surface area contributed by atoms with Gasteiger partial charge in [-0.2, -0.15) is 5.10 Å². The van der Waals surface area contributed by atoms with E-state index in [0.717, 1.165) is 28.8 Å².